The Balaban J connectivity index is 1.72. The lowest BCUT2D eigenvalue weighted by Crippen LogP contribution is -2.24. The minimum Gasteiger partial charge on any atom is -0.482 e. The van der Waals surface area contributed by atoms with Crippen molar-refractivity contribution in [3.8, 4) is 11.4 Å². The van der Waals surface area contributed by atoms with Crippen molar-refractivity contribution in [2.75, 3.05) is 12.3 Å². The van der Waals surface area contributed by atoms with Crippen LogP contribution in [0, 0.1) is 11.7 Å². The molecule has 0 radical (unpaired) electrons. The number of anilines is 1. The number of nitrogen functional groups attached to an aromatic ring is 1. The number of nitrogens with zero attached hydrogens (tertiary/aromatic N) is 5. The first-order chi connectivity index (χ1) is 15.9. The minimum atomic E-state index is -0.556. The van der Waals surface area contributed by atoms with Crippen molar-refractivity contribution in [2.24, 2.45) is 21.9 Å². The molecular weight excluding hydrogens is 445 g/mol. The van der Waals surface area contributed by atoms with E-state index < -0.39 is 11.9 Å². The number of rotatable bonds is 2. The van der Waals surface area contributed by atoms with Crippen molar-refractivity contribution in [1.29, 1.82) is 0 Å². The first-order valence-corrected chi connectivity index (χ1v) is 11.1. The van der Waals surface area contributed by atoms with Gasteiger partial charge in [-0.2, -0.15) is 10.2 Å². The molecule has 8 nitrogen and oxygen atoms in total. The maximum absolute atomic E-state index is 14.2. The lowest BCUT2D eigenvalue weighted by Gasteiger charge is -2.22. The number of fused-ring (bicyclic) bond motifs is 5. The third kappa shape index (κ3) is 4.28. The molecule has 1 fully saturated rings. The van der Waals surface area contributed by atoms with Gasteiger partial charge in [0.05, 0.1) is 22.8 Å². The summed E-state index contributed by atoms with van der Waals surface area (Å²) in [6.45, 7) is 2.49. The highest BCUT2D eigenvalue weighted by Crippen LogP contribution is 2.33. The van der Waals surface area contributed by atoms with E-state index in [1.54, 1.807) is 29.1 Å². The number of aliphatic imine (C=N–C) groups is 1. The number of pyridine rings is 1. The molecule has 4 N–H and O–H groups in total. The molecule has 0 unspecified atom stereocenters. The lowest BCUT2D eigenvalue weighted by molar-refractivity contribution is 0.226. The summed E-state index contributed by atoms with van der Waals surface area (Å²) in [6, 6.07) is 7.94. The zero-order chi connectivity index (χ0) is 23.1. The van der Waals surface area contributed by atoms with Crippen LogP contribution >= 0.6 is 11.6 Å². The maximum Gasteiger partial charge on any atom is 0.166 e. The number of hydrogen-bond acceptors (Lipinski definition) is 7. The van der Waals surface area contributed by atoms with Crippen molar-refractivity contribution >= 4 is 28.8 Å². The second kappa shape index (κ2) is 8.47. The van der Waals surface area contributed by atoms with Gasteiger partial charge in [-0.25, -0.2) is 14.1 Å². The van der Waals surface area contributed by atoms with Gasteiger partial charge in [0, 0.05) is 30.3 Å². The van der Waals surface area contributed by atoms with Crippen LogP contribution in [0.3, 0.4) is 0 Å². The Morgan fingerprint density at radius 2 is 2.09 bits per heavy atom. The van der Waals surface area contributed by atoms with Gasteiger partial charge in [0.15, 0.2) is 16.7 Å². The molecular formula is C23H23ClFN7O. The molecule has 1 aliphatic heterocycles. The second-order valence-electron chi connectivity index (χ2n) is 8.33. The normalized spacial score (nSPS) is 20.5. The summed E-state index contributed by atoms with van der Waals surface area (Å²) in [5.41, 5.74) is 9.90. The van der Waals surface area contributed by atoms with E-state index in [0.29, 0.717) is 58.0 Å². The number of hydrazone groups is 1. The van der Waals surface area contributed by atoms with Gasteiger partial charge in [-0.3, -0.25) is 4.99 Å². The van der Waals surface area contributed by atoms with E-state index in [0.717, 1.165) is 18.5 Å². The molecule has 3 aromatic rings. The molecule has 2 aromatic heterocycles. The number of aromatic nitrogens is 3. The molecule has 5 rings (SSSR count). The summed E-state index contributed by atoms with van der Waals surface area (Å²) in [5.74, 6) is 6.61. The van der Waals surface area contributed by atoms with E-state index in [-0.39, 0.29) is 5.82 Å². The zero-order valence-corrected chi connectivity index (χ0v) is 18.8. The van der Waals surface area contributed by atoms with Crippen LogP contribution in [-0.4, -0.2) is 32.7 Å². The summed E-state index contributed by atoms with van der Waals surface area (Å²) < 4.78 is 22.1. The van der Waals surface area contributed by atoms with Crippen molar-refractivity contribution in [1.82, 2.24) is 14.8 Å². The van der Waals surface area contributed by atoms with Crippen LogP contribution in [0.5, 0.6) is 5.75 Å². The van der Waals surface area contributed by atoms with Gasteiger partial charge in [0.2, 0.25) is 0 Å². The molecule has 3 heterocycles. The first-order valence-electron chi connectivity index (χ1n) is 10.7. The molecule has 0 spiro atoms. The fourth-order valence-corrected chi connectivity index (χ4v) is 4.13. The molecule has 10 heteroatoms. The topological polar surface area (TPSA) is 117 Å². The van der Waals surface area contributed by atoms with Gasteiger partial charge in [0.1, 0.15) is 11.9 Å². The number of halogens is 2. The number of nitrogens with two attached hydrogens (primary N) is 2. The molecule has 1 atom stereocenters. The van der Waals surface area contributed by atoms with Crippen LogP contribution in [0.25, 0.3) is 5.69 Å². The van der Waals surface area contributed by atoms with Crippen molar-refractivity contribution < 1.29 is 9.13 Å². The van der Waals surface area contributed by atoms with Crippen LogP contribution in [-0.2, 0) is 6.42 Å². The van der Waals surface area contributed by atoms with Crippen molar-refractivity contribution in [3.05, 3.63) is 64.3 Å². The fourth-order valence-electron chi connectivity index (χ4n) is 3.93. The SMILES string of the molecule is C[C@H]1Oc2cc(cnc2N)C(=NCC2CC2)C(=NN)Cc2cc(Cl)nn2-c2ccc(F)cc21. The van der Waals surface area contributed by atoms with Crippen molar-refractivity contribution in [2.45, 2.75) is 32.3 Å². The quantitative estimate of drug-likeness (QED) is 0.438. The Hall–Kier alpha value is -3.46. The van der Waals surface area contributed by atoms with E-state index in [9.17, 15) is 4.39 Å². The summed E-state index contributed by atoms with van der Waals surface area (Å²) in [5, 5.41) is 8.80. The summed E-state index contributed by atoms with van der Waals surface area (Å²) >= 11 is 6.29. The van der Waals surface area contributed by atoms with E-state index in [1.165, 1.54) is 12.1 Å². The van der Waals surface area contributed by atoms with Gasteiger partial charge in [-0.15, -0.1) is 0 Å². The van der Waals surface area contributed by atoms with Gasteiger partial charge in [0.25, 0.3) is 0 Å². The molecule has 2 bridgehead atoms. The van der Waals surface area contributed by atoms with E-state index in [4.69, 9.17) is 32.9 Å². The number of benzene rings is 1. The Kier molecular flexibility index (Phi) is 5.49. The monoisotopic (exact) mass is 467 g/mol. The van der Waals surface area contributed by atoms with Gasteiger partial charge < -0.3 is 16.3 Å². The average molecular weight is 468 g/mol. The van der Waals surface area contributed by atoms with E-state index in [2.05, 4.69) is 15.2 Å². The van der Waals surface area contributed by atoms with Crippen LogP contribution in [0.15, 0.2) is 46.6 Å². The number of hydrogen-bond donors (Lipinski definition) is 2. The maximum atomic E-state index is 14.2. The van der Waals surface area contributed by atoms with E-state index >= 15 is 0 Å². The molecule has 33 heavy (non-hydrogen) atoms. The van der Waals surface area contributed by atoms with Crippen LogP contribution in [0.1, 0.15) is 42.7 Å². The lowest BCUT2D eigenvalue weighted by atomic mass is 10.0. The Bertz CT molecular complexity index is 1280. The highest BCUT2D eigenvalue weighted by molar-refractivity contribution is 6.48. The molecule has 1 aliphatic carbocycles. The summed E-state index contributed by atoms with van der Waals surface area (Å²) in [6.07, 6.45) is 3.71. The molecule has 170 valence electrons. The largest absolute Gasteiger partial charge is 0.482 e. The van der Waals surface area contributed by atoms with Gasteiger partial charge in [-0.05, 0) is 56.0 Å². The standard InChI is InChI=1S/C23H23ClFN7O/c1-12-17-7-15(25)4-5-19(17)32-16(9-21(24)31-32)8-18(30-27)22(28-10-13-2-3-13)14-6-20(33-12)23(26)29-11-14/h4-7,9,11-13H,2-3,8,10,27H2,1H3,(H2,26,29)/t12-/m1/s1. The Labute approximate surface area is 195 Å². The van der Waals surface area contributed by atoms with Crippen LogP contribution in [0.2, 0.25) is 5.15 Å². The van der Waals surface area contributed by atoms with Crippen LogP contribution in [0.4, 0.5) is 10.2 Å². The smallest absolute Gasteiger partial charge is 0.166 e. The Morgan fingerprint density at radius 1 is 1.27 bits per heavy atom. The third-order valence-electron chi connectivity index (χ3n) is 5.85. The minimum absolute atomic E-state index is 0.219. The number of ether oxygens (including phenoxy) is 1. The molecule has 1 aromatic carbocycles. The van der Waals surface area contributed by atoms with Gasteiger partial charge >= 0.3 is 0 Å². The zero-order valence-electron chi connectivity index (χ0n) is 18.0. The summed E-state index contributed by atoms with van der Waals surface area (Å²) in [7, 11) is 0. The Morgan fingerprint density at radius 3 is 2.85 bits per heavy atom. The van der Waals surface area contributed by atoms with Crippen molar-refractivity contribution in [3.63, 3.8) is 0 Å². The molecule has 1 saturated carbocycles. The predicted molar refractivity (Wildman–Crippen MR) is 126 cm³/mol. The summed E-state index contributed by atoms with van der Waals surface area (Å²) in [4.78, 5) is 9.15. The second-order valence-corrected chi connectivity index (χ2v) is 8.71. The highest BCUT2D eigenvalue weighted by atomic mass is 35.5. The molecule has 2 aliphatic rings. The highest BCUT2D eigenvalue weighted by Gasteiger charge is 2.26. The molecule has 0 saturated heterocycles. The average Bonchev–Trinajstić information content (AvgIpc) is 3.55. The van der Waals surface area contributed by atoms with Gasteiger partial charge in [-0.1, -0.05) is 11.6 Å². The molecule has 0 amide bonds. The van der Waals surface area contributed by atoms with E-state index in [1.807, 2.05) is 6.92 Å². The van der Waals surface area contributed by atoms with Crippen LogP contribution < -0.4 is 16.3 Å². The third-order valence-corrected chi connectivity index (χ3v) is 6.03. The first kappa shape index (κ1) is 21.4. The predicted octanol–water partition coefficient (Wildman–Crippen LogP) is 3.85. The fraction of sp³-hybridized carbons (Fsp3) is 0.304.